The first-order chi connectivity index (χ1) is 7.82. The highest BCUT2D eigenvalue weighted by Gasteiger charge is 2.43. The maximum absolute atomic E-state index is 12.5. The van der Waals surface area contributed by atoms with Crippen LogP contribution in [0, 0.1) is 11.8 Å². The second-order valence-corrected chi connectivity index (χ2v) is 4.05. The van der Waals surface area contributed by atoms with Crippen molar-refractivity contribution in [1.29, 1.82) is 0 Å². The summed E-state index contributed by atoms with van der Waals surface area (Å²) in [6, 6.07) is 0. The molecule has 102 valence electrons. The number of oxime groups is 1. The van der Waals surface area contributed by atoms with Crippen molar-refractivity contribution in [2.45, 2.75) is 32.9 Å². The van der Waals surface area contributed by atoms with E-state index in [-0.39, 0.29) is 12.5 Å². The van der Waals surface area contributed by atoms with Crippen molar-refractivity contribution in [3.8, 4) is 0 Å². The van der Waals surface area contributed by atoms with Gasteiger partial charge in [-0.3, -0.25) is 0 Å². The van der Waals surface area contributed by atoms with Crippen LogP contribution in [0.1, 0.15) is 26.7 Å². The molecule has 2 atom stereocenters. The highest BCUT2D eigenvalue weighted by atomic mass is 19.4. The number of hydrogen-bond acceptors (Lipinski definition) is 3. The van der Waals surface area contributed by atoms with E-state index in [1.807, 2.05) is 13.8 Å². The lowest BCUT2D eigenvalue weighted by Gasteiger charge is -2.20. The molecule has 0 aromatic rings. The van der Waals surface area contributed by atoms with Gasteiger partial charge in [-0.05, 0) is 12.3 Å². The van der Waals surface area contributed by atoms with Crippen molar-refractivity contribution in [3.05, 3.63) is 0 Å². The van der Waals surface area contributed by atoms with Gasteiger partial charge >= 0.3 is 6.18 Å². The molecule has 17 heavy (non-hydrogen) atoms. The van der Waals surface area contributed by atoms with Crippen LogP contribution < -0.4 is 5.73 Å². The molecule has 0 rings (SSSR count). The van der Waals surface area contributed by atoms with Crippen LogP contribution in [-0.2, 0) is 4.74 Å². The van der Waals surface area contributed by atoms with E-state index in [1.54, 1.807) is 0 Å². The van der Waals surface area contributed by atoms with Crippen molar-refractivity contribution >= 4 is 5.84 Å². The van der Waals surface area contributed by atoms with E-state index >= 15 is 0 Å². The number of hydrogen-bond donors (Lipinski definition) is 2. The summed E-state index contributed by atoms with van der Waals surface area (Å²) in [7, 11) is 0. The normalized spacial score (nSPS) is 16.9. The van der Waals surface area contributed by atoms with Crippen LogP contribution in [0.15, 0.2) is 5.16 Å². The maximum Gasteiger partial charge on any atom is 0.401 e. The number of alkyl halides is 3. The van der Waals surface area contributed by atoms with Crippen molar-refractivity contribution in [2.24, 2.45) is 22.7 Å². The summed E-state index contributed by atoms with van der Waals surface area (Å²) >= 11 is 0. The molecule has 0 heterocycles. The zero-order valence-corrected chi connectivity index (χ0v) is 10.00. The predicted octanol–water partition coefficient (Wildman–Crippen LogP) is 2.36. The molecule has 0 aromatic carbocycles. The van der Waals surface area contributed by atoms with Gasteiger partial charge in [0.05, 0.1) is 6.61 Å². The maximum atomic E-state index is 12.5. The van der Waals surface area contributed by atoms with E-state index in [9.17, 15) is 13.2 Å². The fourth-order valence-corrected chi connectivity index (χ4v) is 1.38. The third-order valence-corrected chi connectivity index (χ3v) is 2.34. The van der Waals surface area contributed by atoms with Gasteiger partial charge in [0.25, 0.3) is 0 Å². The van der Waals surface area contributed by atoms with Crippen LogP contribution >= 0.6 is 0 Å². The molecule has 2 unspecified atom stereocenters. The molecule has 0 amide bonds. The van der Waals surface area contributed by atoms with Crippen LogP contribution in [-0.4, -0.2) is 30.4 Å². The van der Waals surface area contributed by atoms with Gasteiger partial charge in [0.15, 0.2) is 5.84 Å². The summed E-state index contributed by atoms with van der Waals surface area (Å²) in [5, 5.41) is 10.7. The Bertz CT molecular complexity index is 244. The first-order valence-corrected chi connectivity index (χ1v) is 5.44. The Labute approximate surface area is 98.6 Å². The summed E-state index contributed by atoms with van der Waals surface area (Å²) in [4.78, 5) is 0. The number of ether oxygens (including phenoxy) is 1. The van der Waals surface area contributed by atoms with Crippen LogP contribution in [0.2, 0.25) is 0 Å². The minimum atomic E-state index is -4.57. The Morgan fingerprint density at radius 3 is 2.41 bits per heavy atom. The molecule has 3 N–H and O–H groups in total. The summed E-state index contributed by atoms with van der Waals surface area (Å²) in [6.45, 7) is 3.51. The lowest BCUT2D eigenvalue weighted by atomic mass is 10.1. The van der Waals surface area contributed by atoms with Gasteiger partial charge in [-0.2, -0.15) is 13.2 Å². The minimum absolute atomic E-state index is 0.196. The van der Waals surface area contributed by atoms with Gasteiger partial charge in [-0.1, -0.05) is 25.4 Å². The average Bonchev–Trinajstić information content (AvgIpc) is 2.22. The van der Waals surface area contributed by atoms with Gasteiger partial charge in [0.2, 0.25) is 0 Å². The van der Waals surface area contributed by atoms with Gasteiger partial charge in [-0.25, -0.2) is 0 Å². The second-order valence-electron chi connectivity index (χ2n) is 4.05. The second kappa shape index (κ2) is 7.37. The third kappa shape index (κ3) is 6.35. The lowest BCUT2D eigenvalue weighted by Crippen LogP contribution is -2.39. The fraction of sp³-hybridized carbons (Fsp3) is 0.900. The van der Waals surface area contributed by atoms with E-state index in [0.29, 0.717) is 0 Å². The molecule has 0 aromatic heterocycles. The van der Waals surface area contributed by atoms with Crippen molar-refractivity contribution in [2.75, 3.05) is 13.2 Å². The molecule has 0 aliphatic carbocycles. The summed E-state index contributed by atoms with van der Waals surface area (Å²) in [6.07, 6.45) is -2.72. The summed E-state index contributed by atoms with van der Waals surface area (Å²) in [5.41, 5.74) is 4.98. The third-order valence-electron chi connectivity index (χ3n) is 2.34. The van der Waals surface area contributed by atoms with Gasteiger partial charge in [0.1, 0.15) is 5.92 Å². The molecule has 0 saturated carbocycles. The summed E-state index contributed by atoms with van der Waals surface area (Å²) in [5.74, 6) is -2.73. The average molecular weight is 256 g/mol. The van der Waals surface area contributed by atoms with Crippen LogP contribution in [0.25, 0.3) is 0 Å². The molecule has 0 spiro atoms. The predicted molar refractivity (Wildman–Crippen MR) is 57.8 cm³/mol. The van der Waals surface area contributed by atoms with Crippen molar-refractivity contribution in [1.82, 2.24) is 0 Å². The Hall–Kier alpha value is -0.980. The Balaban J connectivity index is 4.20. The molecule has 0 bridgehead atoms. The smallest absolute Gasteiger partial charge is 0.401 e. The Morgan fingerprint density at radius 1 is 1.41 bits per heavy atom. The van der Waals surface area contributed by atoms with E-state index in [2.05, 4.69) is 5.16 Å². The number of nitrogens with two attached hydrogens (primary N) is 1. The molecule has 0 aliphatic heterocycles. The minimum Gasteiger partial charge on any atom is -0.409 e. The first-order valence-electron chi connectivity index (χ1n) is 5.44. The molecular weight excluding hydrogens is 237 g/mol. The largest absolute Gasteiger partial charge is 0.409 e. The topological polar surface area (TPSA) is 67.8 Å². The van der Waals surface area contributed by atoms with E-state index in [4.69, 9.17) is 15.7 Å². The van der Waals surface area contributed by atoms with Crippen LogP contribution in [0.3, 0.4) is 0 Å². The molecule has 0 radical (unpaired) electrons. The molecule has 0 aliphatic rings. The van der Waals surface area contributed by atoms with Crippen LogP contribution in [0.5, 0.6) is 0 Å². The SMILES string of the molecule is CCCC(C)COCC(C(N)=NO)C(F)(F)F. The van der Waals surface area contributed by atoms with Gasteiger partial charge in [0, 0.05) is 6.61 Å². The van der Waals surface area contributed by atoms with Gasteiger partial charge in [-0.15, -0.1) is 0 Å². The van der Waals surface area contributed by atoms with Crippen LogP contribution in [0.4, 0.5) is 13.2 Å². The standard InChI is InChI=1S/C10H19F3N2O2/c1-3-4-7(2)5-17-6-8(9(14)15-16)10(11,12)13/h7-8,16H,3-6H2,1-2H3,(H2,14,15). The molecule has 0 saturated heterocycles. The highest BCUT2D eigenvalue weighted by Crippen LogP contribution is 2.26. The monoisotopic (exact) mass is 256 g/mol. The highest BCUT2D eigenvalue weighted by molar-refractivity contribution is 5.83. The quantitative estimate of drug-likeness (QED) is 0.318. The summed E-state index contributed by atoms with van der Waals surface area (Å²) < 4.78 is 42.4. The van der Waals surface area contributed by atoms with E-state index in [0.717, 1.165) is 12.8 Å². The van der Waals surface area contributed by atoms with Crippen molar-refractivity contribution < 1.29 is 23.1 Å². The van der Waals surface area contributed by atoms with Gasteiger partial charge < -0.3 is 15.7 Å². The Kier molecular flexibility index (Phi) is 6.94. The van der Waals surface area contributed by atoms with E-state index < -0.39 is 24.5 Å². The van der Waals surface area contributed by atoms with Crippen molar-refractivity contribution in [3.63, 3.8) is 0 Å². The molecule has 0 fully saturated rings. The zero-order chi connectivity index (χ0) is 13.5. The molecule has 4 nitrogen and oxygen atoms in total. The molecular formula is C10H19F3N2O2. The fourth-order valence-electron chi connectivity index (χ4n) is 1.38. The zero-order valence-electron chi connectivity index (χ0n) is 10.00. The Morgan fingerprint density at radius 2 is 2.00 bits per heavy atom. The molecule has 7 heteroatoms. The number of amidine groups is 1. The lowest BCUT2D eigenvalue weighted by molar-refractivity contribution is -0.169. The first kappa shape index (κ1) is 16.0. The van der Waals surface area contributed by atoms with E-state index in [1.165, 1.54) is 0 Å². The number of halogens is 3. The number of rotatable bonds is 7. The number of nitrogens with zero attached hydrogens (tertiary/aromatic N) is 1.